The summed E-state index contributed by atoms with van der Waals surface area (Å²) in [6, 6.07) is 5.45. The maximum atomic E-state index is 10.2. The van der Waals surface area contributed by atoms with Crippen molar-refractivity contribution in [2.24, 2.45) is 5.73 Å². The van der Waals surface area contributed by atoms with Gasteiger partial charge in [-0.2, -0.15) is 5.26 Å². The Morgan fingerprint density at radius 1 is 1.26 bits per heavy atom. The topological polar surface area (TPSA) is 126 Å². The van der Waals surface area contributed by atoms with E-state index in [1.165, 1.54) is 14.2 Å². The number of fused-ring (bicyclic) bond motifs is 1. The molecule has 0 saturated heterocycles. The van der Waals surface area contributed by atoms with E-state index in [9.17, 15) is 10.4 Å². The van der Waals surface area contributed by atoms with Crippen LogP contribution >= 0.6 is 0 Å². The zero-order valence-electron chi connectivity index (χ0n) is 15.9. The normalized spacial score (nSPS) is 16.4. The van der Waals surface area contributed by atoms with Crippen molar-refractivity contribution in [2.45, 2.75) is 32.1 Å². The molecule has 8 heteroatoms. The smallest absolute Gasteiger partial charge is 0.244 e. The zero-order valence-corrected chi connectivity index (χ0v) is 15.9. The van der Waals surface area contributed by atoms with Crippen molar-refractivity contribution in [3.63, 3.8) is 0 Å². The van der Waals surface area contributed by atoms with Gasteiger partial charge in [0.25, 0.3) is 0 Å². The number of hydrogen-bond donors (Lipinski definition) is 3. The van der Waals surface area contributed by atoms with Crippen LogP contribution in [0.2, 0.25) is 0 Å². The number of aromatic amines is 1. The van der Waals surface area contributed by atoms with E-state index >= 15 is 0 Å². The molecule has 0 radical (unpaired) electrons. The lowest BCUT2D eigenvalue weighted by Crippen LogP contribution is -2.24. The molecule has 0 amide bonds. The van der Waals surface area contributed by atoms with Gasteiger partial charge in [-0.3, -0.25) is 5.10 Å². The van der Waals surface area contributed by atoms with E-state index in [4.69, 9.17) is 19.9 Å². The molecule has 0 spiro atoms. The molecule has 0 fully saturated rings. The number of methoxy groups -OCH3 is 2. The molecule has 0 bridgehead atoms. The van der Waals surface area contributed by atoms with Gasteiger partial charge in [-0.25, -0.2) is 0 Å². The number of nitrogens with one attached hydrogen (secondary N) is 1. The van der Waals surface area contributed by atoms with Gasteiger partial charge in [-0.15, -0.1) is 5.10 Å². The van der Waals surface area contributed by atoms with Crippen LogP contribution in [-0.2, 0) is 5.41 Å². The lowest BCUT2D eigenvalue weighted by Gasteiger charge is -2.28. The van der Waals surface area contributed by atoms with Gasteiger partial charge in [0, 0.05) is 11.1 Å². The lowest BCUT2D eigenvalue weighted by molar-refractivity contribution is 0.338. The van der Waals surface area contributed by atoms with Crippen LogP contribution < -0.4 is 19.9 Å². The number of aromatic hydroxyl groups is 1. The van der Waals surface area contributed by atoms with Crippen molar-refractivity contribution in [1.82, 2.24) is 10.2 Å². The highest BCUT2D eigenvalue weighted by molar-refractivity contribution is 5.61. The molecule has 27 heavy (non-hydrogen) atoms. The predicted octanol–water partition coefficient (Wildman–Crippen LogP) is 2.65. The number of phenolic OH excluding ortho intramolecular Hbond substituents is 1. The summed E-state index contributed by atoms with van der Waals surface area (Å²) in [6.45, 7) is 6.09. The molecule has 2 aromatic rings. The van der Waals surface area contributed by atoms with Crippen LogP contribution in [0.3, 0.4) is 0 Å². The Bertz CT molecular complexity index is 938. The average Bonchev–Trinajstić information content (AvgIpc) is 3.04. The Morgan fingerprint density at radius 2 is 1.85 bits per heavy atom. The van der Waals surface area contributed by atoms with Crippen molar-refractivity contribution >= 4 is 0 Å². The van der Waals surface area contributed by atoms with Crippen molar-refractivity contribution in [3.8, 4) is 29.2 Å². The summed E-state index contributed by atoms with van der Waals surface area (Å²) in [6.07, 6.45) is 0. The summed E-state index contributed by atoms with van der Waals surface area (Å²) in [4.78, 5) is 0. The minimum atomic E-state index is -0.546. The summed E-state index contributed by atoms with van der Waals surface area (Å²) < 4.78 is 16.1. The first-order valence-corrected chi connectivity index (χ1v) is 8.34. The second kappa shape index (κ2) is 6.43. The van der Waals surface area contributed by atoms with Gasteiger partial charge in [0.15, 0.2) is 11.5 Å². The largest absolute Gasteiger partial charge is 0.502 e. The quantitative estimate of drug-likeness (QED) is 0.758. The van der Waals surface area contributed by atoms with Gasteiger partial charge < -0.3 is 25.1 Å². The summed E-state index contributed by atoms with van der Waals surface area (Å²) >= 11 is 0. The average molecular weight is 370 g/mol. The number of nitrogens with two attached hydrogens (primary N) is 1. The van der Waals surface area contributed by atoms with Gasteiger partial charge in [0.05, 0.1) is 25.7 Å². The molecule has 1 atom stereocenters. The SMILES string of the molecule is COc1cc([C@H]2C(C#N)=C(N)Oc3n[nH]c(C(C)(C)C)c32)cc(OC)c1O. The molecular formula is C19H22N4O4. The van der Waals surface area contributed by atoms with Crippen molar-refractivity contribution < 1.29 is 19.3 Å². The third kappa shape index (κ3) is 2.91. The second-order valence-corrected chi connectivity index (χ2v) is 7.27. The minimum absolute atomic E-state index is 0.00651. The van der Waals surface area contributed by atoms with E-state index in [0.717, 1.165) is 11.3 Å². The van der Waals surface area contributed by atoms with E-state index in [-0.39, 0.29) is 34.1 Å². The van der Waals surface area contributed by atoms with Crippen LogP contribution in [0, 0.1) is 11.3 Å². The van der Waals surface area contributed by atoms with Gasteiger partial charge in [-0.05, 0) is 17.7 Å². The molecule has 3 rings (SSSR count). The van der Waals surface area contributed by atoms with E-state index < -0.39 is 5.92 Å². The third-order valence-corrected chi connectivity index (χ3v) is 4.52. The molecule has 0 saturated carbocycles. The Balaban J connectivity index is 2.32. The number of benzene rings is 1. The fourth-order valence-electron chi connectivity index (χ4n) is 3.23. The first-order valence-electron chi connectivity index (χ1n) is 8.34. The number of rotatable bonds is 3. The second-order valence-electron chi connectivity index (χ2n) is 7.27. The van der Waals surface area contributed by atoms with Crippen LogP contribution in [-0.4, -0.2) is 29.5 Å². The third-order valence-electron chi connectivity index (χ3n) is 4.52. The fourth-order valence-corrected chi connectivity index (χ4v) is 3.23. The number of phenols is 1. The highest BCUT2D eigenvalue weighted by Crippen LogP contribution is 2.48. The molecule has 0 aliphatic carbocycles. The minimum Gasteiger partial charge on any atom is -0.502 e. The van der Waals surface area contributed by atoms with E-state index in [1.54, 1.807) is 12.1 Å². The first kappa shape index (κ1) is 18.5. The van der Waals surface area contributed by atoms with Crippen molar-refractivity contribution in [2.75, 3.05) is 14.2 Å². The monoisotopic (exact) mass is 370 g/mol. The fraction of sp³-hybridized carbons (Fsp3) is 0.368. The number of hydrogen-bond acceptors (Lipinski definition) is 7. The summed E-state index contributed by atoms with van der Waals surface area (Å²) in [5, 5.41) is 27.2. The molecule has 1 aliphatic rings. The molecule has 1 aliphatic heterocycles. The molecule has 8 nitrogen and oxygen atoms in total. The highest BCUT2D eigenvalue weighted by atomic mass is 16.5. The Morgan fingerprint density at radius 3 is 2.33 bits per heavy atom. The number of allylic oxidation sites excluding steroid dienone is 1. The van der Waals surface area contributed by atoms with Gasteiger partial charge >= 0.3 is 0 Å². The number of ether oxygens (including phenoxy) is 3. The summed E-state index contributed by atoms with van der Waals surface area (Å²) in [7, 11) is 2.89. The van der Waals surface area contributed by atoms with Crippen LogP contribution in [0.4, 0.5) is 0 Å². The van der Waals surface area contributed by atoms with Crippen LogP contribution in [0.1, 0.15) is 43.5 Å². The van der Waals surface area contributed by atoms with Gasteiger partial charge in [-0.1, -0.05) is 20.8 Å². The van der Waals surface area contributed by atoms with Crippen LogP contribution in [0.25, 0.3) is 0 Å². The first-order chi connectivity index (χ1) is 12.7. The summed E-state index contributed by atoms with van der Waals surface area (Å²) in [5.74, 6) is 0.119. The Kier molecular flexibility index (Phi) is 4.39. The molecule has 4 N–H and O–H groups in total. The molecule has 1 aromatic carbocycles. The van der Waals surface area contributed by atoms with Crippen molar-refractivity contribution in [1.29, 1.82) is 5.26 Å². The van der Waals surface area contributed by atoms with E-state index in [1.807, 2.05) is 20.8 Å². The summed E-state index contributed by atoms with van der Waals surface area (Å²) in [5.41, 5.74) is 8.18. The van der Waals surface area contributed by atoms with Crippen molar-refractivity contribution in [3.05, 3.63) is 40.4 Å². The molecule has 2 heterocycles. The standard InChI is InChI=1S/C19H22N4O4/c1-19(2,3)16-14-13(10(8-20)17(21)27-18(14)23-22-16)9-6-11(25-4)15(24)12(7-9)26-5/h6-7,13,24H,21H2,1-5H3,(H,22,23)/t13-/m0/s1. The molecule has 1 aromatic heterocycles. The zero-order chi connectivity index (χ0) is 19.9. The highest BCUT2D eigenvalue weighted by Gasteiger charge is 2.38. The van der Waals surface area contributed by atoms with Crippen LogP contribution in [0.15, 0.2) is 23.6 Å². The van der Waals surface area contributed by atoms with Gasteiger partial charge in [0.1, 0.15) is 11.6 Å². The molecule has 0 unspecified atom stereocenters. The Hall–Kier alpha value is -3.34. The maximum Gasteiger partial charge on any atom is 0.244 e. The predicted molar refractivity (Wildman–Crippen MR) is 97.8 cm³/mol. The number of H-pyrrole nitrogens is 1. The number of nitriles is 1. The molecule has 142 valence electrons. The van der Waals surface area contributed by atoms with Gasteiger partial charge in [0.2, 0.25) is 17.5 Å². The number of aromatic nitrogens is 2. The Labute approximate surface area is 157 Å². The van der Waals surface area contributed by atoms with E-state index in [2.05, 4.69) is 16.3 Å². The number of nitrogens with zero attached hydrogens (tertiary/aromatic N) is 2. The lowest BCUT2D eigenvalue weighted by atomic mass is 9.78. The maximum absolute atomic E-state index is 10.2. The van der Waals surface area contributed by atoms with E-state index in [0.29, 0.717) is 11.4 Å². The van der Waals surface area contributed by atoms with Crippen LogP contribution in [0.5, 0.6) is 23.1 Å². The molecular weight excluding hydrogens is 348 g/mol.